The topological polar surface area (TPSA) is 46.6 Å². The van der Waals surface area contributed by atoms with Crippen LogP contribution in [0.1, 0.15) is 24.8 Å². The van der Waals surface area contributed by atoms with Crippen molar-refractivity contribution < 1.29 is 27.5 Å². The third-order valence-corrected chi connectivity index (χ3v) is 3.63. The Morgan fingerprint density at radius 3 is 2.45 bits per heavy atom. The fourth-order valence-corrected chi connectivity index (χ4v) is 2.65. The molecular weight excluding hydrogens is 299 g/mol. The molecule has 1 saturated heterocycles. The predicted octanol–water partition coefficient (Wildman–Crippen LogP) is 2.50. The van der Waals surface area contributed by atoms with Crippen molar-refractivity contribution in [2.75, 3.05) is 13.2 Å². The van der Waals surface area contributed by atoms with Crippen molar-refractivity contribution in [3.05, 3.63) is 35.9 Å². The first kappa shape index (κ1) is 16.3. The van der Waals surface area contributed by atoms with Gasteiger partial charge in [-0.1, -0.05) is 30.3 Å². The Hall–Kier alpha value is -2.05. The highest BCUT2D eigenvalue weighted by atomic mass is 19.4. The molecule has 7 heteroatoms. The van der Waals surface area contributed by atoms with E-state index in [1.54, 1.807) is 37.3 Å². The Balaban J connectivity index is 2.25. The SMILES string of the molecule is CCOC(=O)[C@@H]1C[C@@H](c2ccccc2)CN1C(=O)C(F)(F)F. The number of halogens is 3. The quantitative estimate of drug-likeness (QED) is 0.805. The summed E-state index contributed by atoms with van der Waals surface area (Å²) in [7, 11) is 0. The highest BCUT2D eigenvalue weighted by molar-refractivity contribution is 5.88. The predicted molar refractivity (Wildman–Crippen MR) is 72.0 cm³/mol. The molecular formula is C15H16F3NO3. The Morgan fingerprint density at radius 2 is 1.91 bits per heavy atom. The molecule has 1 heterocycles. The molecule has 0 aromatic heterocycles. The molecule has 4 nitrogen and oxygen atoms in total. The zero-order valence-electron chi connectivity index (χ0n) is 12.0. The van der Waals surface area contributed by atoms with E-state index in [9.17, 15) is 22.8 Å². The number of carbonyl (C=O) groups is 2. The van der Waals surface area contributed by atoms with E-state index in [1.807, 2.05) is 0 Å². The van der Waals surface area contributed by atoms with Crippen LogP contribution in [0.3, 0.4) is 0 Å². The largest absolute Gasteiger partial charge is 0.471 e. The monoisotopic (exact) mass is 315 g/mol. The van der Waals surface area contributed by atoms with Crippen LogP contribution in [-0.4, -0.2) is 42.1 Å². The minimum absolute atomic E-state index is 0.0549. The highest BCUT2D eigenvalue weighted by Gasteiger charge is 2.50. The van der Waals surface area contributed by atoms with Crippen LogP contribution in [0.4, 0.5) is 13.2 Å². The van der Waals surface area contributed by atoms with Gasteiger partial charge in [0.15, 0.2) is 0 Å². The molecule has 22 heavy (non-hydrogen) atoms. The molecule has 1 aliphatic heterocycles. The molecule has 1 amide bonds. The molecule has 0 radical (unpaired) electrons. The summed E-state index contributed by atoms with van der Waals surface area (Å²) in [6, 6.07) is 7.67. The number of carbonyl (C=O) groups excluding carboxylic acids is 2. The van der Waals surface area contributed by atoms with E-state index < -0.39 is 24.1 Å². The molecule has 2 rings (SSSR count). The molecule has 1 aromatic rings. The van der Waals surface area contributed by atoms with Gasteiger partial charge in [-0.2, -0.15) is 13.2 Å². The molecule has 0 spiro atoms. The Bertz CT molecular complexity index is 545. The molecule has 120 valence electrons. The first-order valence-electron chi connectivity index (χ1n) is 6.94. The molecule has 0 unspecified atom stereocenters. The standard InChI is InChI=1S/C15H16F3NO3/c1-2-22-13(20)12-8-11(10-6-4-3-5-7-10)9-19(12)14(21)15(16,17)18/h3-7,11-12H,2,8-9H2,1H3/t11-,12+/m1/s1. The van der Waals surface area contributed by atoms with E-state index in [4.69, 9.17) is 4.74 Å². The molecule has 1 aromatic carbocycles. The number of alkyl halides is 3. The Kier molecular flexibility index (Phi) is 4.73. The van der Waals surface area contributed by atoms with Crippen molar-refractivity contribution in [3.63, 3.8) is 0 Å². The number of ether oxygens (including phenoxy) is 1. The van der Waals surface area contributed by atoms with Crippen molar-refractivity contribution in [1.82, 2.24) is 4.90 Å². The van der Waals surface area contributed by atoms with Gasteiger partial charge < -0.3 is 9.64 Å². The second-order valence-corrected chi connectivity index (χ2v) is 5.07. The van der Waals surface area contributed by atoms with E-state index >= 15 is 0 Å². The van der Waals surface area contributed by atoms with Gasteiger partial charge in [-0.15, -0.1) is 0 Å². The zero-order chi connectivity index (χ0) is 16.3. The lowest BCUT2D eigenvalue weighted by molar-refractivity contribution is -0.188. The van der Waals surface area contributed by atoms with Gasteiger partial charge in [-0.05, 0) is 18.9 Å². The summed E-state index contributed by atoms with van der Waals surface area (Å²) < 4.78 is 42.9. The van der Waals surface area contributed by atoms with Gasteiger partial charge in [0.25, 0.3) is 0 Å². The van der Waals surface area contributed by atoms with Gasteiger partial charge in [0.1, 0.15) is 6.04 Å². The average Bonchev–Trinajstić information content (AvgIpc) is 2.91. The number of benzene rings is 1. The number of hydrogen-bond donors (Lipinski definition) is 0. The van der Waals surface area contributed by atoms with Crippen molar-refractivity contribution >= 4 is 11.9 Å². The number of likely N-dealkylation sites (tertiary alicyclic amines) is 1. The Labute approximate surface area is 125 Å². The van der Waals surface area contributed by atoms with E-state index in [0.717, 1.165) is 5.56 Å². The maximum atomic E-state index is 12.7. The van der Waals surface area contributed by atoms with Crippen LogP contribution in [0, 0.1) is 0 Å². The maximum absolute atomic E-state index is 12.7. The van der Waals surface area contributed by atoms with E-state index in [0.29, 0.717) is 4.90 Å². The molecule has 0 bridgehead atoms. The summed E-state index contributed by atoms with van der Waals surface area (Å²) in [5, 5.41) is 0. The van der Waals surface area contributed by atoms with E-state index in [1.165, 1.54) is 0 Å². The van der Waals surface area contributed by atoms with Gasteiger partial charge in [-0.25, -0.2) is 4.79 Å². The summed E-state index contributed by atoms with van der Waals surface area (Å²) in [5.74, 6) is -3.11. The van der Waals surface area contributed by atoms with Crippen molar-refractivity contribution in [1.29, 1.82) is 0 Å². The number of amides is 1. The molecule has 0 saturated carbocycles. The molecule has 0 aliphatic carbocycles. The van der Waals surface area contributed by atoms with Crippen LogP contribution >= 0.6 is 0 Å². The second kappa shape index (κ2) is 6.37. The molecule has 2 atom stereocenters. The molecule has 1 aliphatic rings. The number of nitrogens with zero attached hydrogens (tertiary/aromatic N) is 1. The highest BCUT2D eigenvalue weighted by Crippen LogP contribution is 2.35. The first-order valence-corrected chi connectivity index (χ1v) is 6.94. The third-order valence-electron chi connectivity index (χ3n) is 3.63. The number of rotatable bonds is 3. The fraction of sp³-hybridized carbons (Fsp3) is 0.467. The Morgan fingerprint density at radius 1 is 1.27 bits per heavy atom. The van der Waals surface area contributed by atoms with Crippen molar-refractivity contribution in [3.8, 4) is 0 Å². The van der Waals surface area contributed by atoms with E-state index in [-0.39, 0.29) is 25.5 Å². The van der Waals surface area contributed by atoms with Crippen molar-refractivity contribution in [2.45, 2.75) is 31.5 Å². The first-order chi connectivity index (χ1) is 10.3. The second-order valence-electron chi connectivity index (χ2n) is 5.07. The summed E-state index contributed by atoms with van der Waals surface area (Å²) in [4.78, 5) is 24.0. The minimum Gasteiger partial charge on any atom is -0.464 e. The maximum Gasteiger partial charge on any atom is 0.471 e. The van der Waals surface area contributed by atoms with Gasteiger partial charge in [0.2, 0.25) is 0 Å². The smallest absolute Gasteiger partial charge is 0.464 e. The lowest BCUT2D eigenvalue weighted by atomic mass is 9.96. The van der Waals surface area contributed by atoms with Crippen LogP contribution < -0.4 is 0 Å². The van der Waals surface area contributed by atoms with Gasteiger partial charge in [-0.3, -0.25) is 4.79 Å². The van der Waals surface area contributed by atoms with Crippen LogP contribution in [0.15, 0.2) is 30.3 Å². The molecule has 0 N–H and O–H groups in total. The van der Waals surface area contributed by atoms with Crippen LogP contribution in [0.25, 0.3) is 0 Å². The van der Waals surface area contributed by atoms with Crippen LogP contribution in [0.2, 0.25) is 0 Å². The minimum atomic E-state index is -5.00. The molecule has 1 fully saturated rings. The summed E-state index contributed by atoms with van der Waals surface area (Å²) in [6.07, 6.45) is -4.87. The van der Waals surface area contributed by atoms with Gasteiger partial charge >= 0.3 is 18.1 Å². The lowest BCUT2D eigenvalue weighted by Crippen LogP contribution is -2.47. The number of esters is 1. The summed E-state index contributed by atoms with van der Waals surface area (Å²) >= 11 is 0. The summed E-state index contributed by atoms with van der Waals surface area (Å²) in [5.41, 5.74) is 0.800. The fourth-order valence-electron chi connectivity index (χ4n) is 2.65. The van der Waals surface area contributed by atoms with Crippen molar-refractivity contribution in [2.24, 2.45) is 0 Å². The third kappa shape index (κ3) is 3.40. The lowest BCUT2D eigenvalue weighted by Gasteiger charge is -2.23. The van der Waals surface area contributed by atoms with Crippen LogP contribution in [-0.2, 0) is 14.3 Å². The van der Waals surface area contributed by atoms with Gasteiger partial charge in [0.05, 0.1) is 6.61 Å². The zero-order valence-corrected chi connectivity index (χ0v) is 12.0. The average molecular weight is 315 g/mol. The normalized spacial score (nSPS) is 21.7. The summed E-state index contributed by atoms with van der Waals surface area (Å²) in [6.45, 7) is 1.47. The van der Waals surface area contributed by atoms with E-state index in [2.05, 4.69) is 0 Å². The van der Waals surface area contributed by atoms with Gasteiger partial charge in [0, 0.05) is 12.5 Å². The van der Waals surface area contributed by atoms with Crippen LogP contribution in [0.5, 0.6) is 0 Å². The number of hydrogen-bond acceptors (Lipinski definition) is 3.